The fourth-order valence-electron chi connectivity index (χ4n) is 2.77. The van der Waals surface area contributed by atoms with Crippen molar-refractivity contribution >= 4 is 22.6 Å². The molecule has 7 nitrogen and oxygen atoms in total. The zero-order valence-corrected chi connectivity index (χ0v) is 15.2. The van der Waals surface area contributed by atoms with Gasteiger partial charge < -0.3 is 10.1 Å². The van der Waals surface area contributed by atoms with E-state index >= 15 is 0 Å². The number of nitrogens with zero attached hydrogens (tertiary/aromatic N) is 4. The van der Waals surface area contributed by atoms with Crippen LogP contribution in [-0.2, 0) is 7.05 Å². The molecule has 4 rings (SSSR count). The van der Waals surface area contributed by atoms with Crippen LogP contribution in [0.1, 0.15) is 16.1 Å². The van der Waals surface area contributed by atoms with Crippen molar-refractivity contribution in [3.05, 3.63) is 71.9 Å². The summed E-state index contributed by atoms with van der Waals surface area (Å²) in [6, 6.07) is 10.7. The summed E-state index contributed by atoms with van der Waals surface area (Å²) in [4.78, 5) is 21.0. The number of benzene rings is 1. The normalized spacial score (nSPS) is 10.8. The van der Waals surface area contributed by atoms with Gasteiger partial charge in [-0.15, -0.1) is 0 Å². The Morgan fingerprint density at radius 2 is 1.89 bits per heavy atom. The number of aryl methyl sites for hydroxylation is 2. The highest BCUT2D eigenvalue weighted by molar-refractivity contribution is 6.05. The van der Waals surface area contributed by atoms with E-state index in [0.717, 1.165) is 16.7 Å². The van der Waals surface area contributed by atoms with E-state index in [-0.39, 0.29) is 11.7 Å². The van der Waals surface area contributed by atoms with E-state index < -0.39 is 0 Å². The molecular weight excluding hydrogens is 361 g/mol. The van der Waals surface area contributed by atoms with Gasteiger partial charge in [-0.25, -0.2) is 14.4 Å². The summed E-state index contributed by atoms with van der Waals surface area (Å²) in [5.41, 5.74) is 2.47. The zero-order valence-electron chi connectivity index (χ0n) is 15.2. The van der Waals surface area contributed by atoms with Crippen molar-refractivity contribution in [1.82, 2.24) is 19.7 Å². The van der Waals surface area contributed by atoms with Crippen LogP contribution in [0.5, 0.6) is 11.6 Å². The molecule has 0 saturated heterocycles. The molecule has 1 aromatic carbocycles. The van der Waals surface area contributed by atoms with Crippen LogP contribution in [0.2, 0.25) is 0 Å². The Balaban J connectivity index is 1.47. The number of carbonyl (C=O) groups excluding carboxylic acids is 1. The number of hydrogen-bond donors (Lipinski definition) is 1. The van der Waals surface area contributed by atoms with Gasteiger partial charge in [-0.3, -0.25) is 9.48 Å². The lowest BCUT2D eigenvalue weighted by Crippen LogP contribution is -2.12. The Morgan fingerprint density at radius 1 is 1.11 bits per heavy atom. The number of fused-ring (bicyclic) bond motifs is 1. The van der Waals surface area contributed by atoms with Gasteiger partial charge in [0.2, 0.25) is 5.88 Å². The molecule has 3 heterocycles. The molecular formula is C20H16FN5O2. The van der Waals surface area contributed by atoms with E-state index in [9.17, 15) is 9.18 Å². The maximum Gasteiger partial charge on any atom is 0.257 e. The van der Waals surface area contributed by atoms with Crippen LogP contribution in [0.15, 0.2) is 54.9 Å². The Morgan fingerprint density at radius 3 is 2.61 bits per heavy atom. The first kappa shape index (κ1) is 17.6. The summed E-state index contributed by atoms with van der Waals surface area (Å²) in [5, 5.41) is 7.91. The molecule has 8 heteroatoms. The second-order valence-corrected chi connectivity index (χ2v) is 6.20. The molecule has 0 spiro atoms. The van der Waals surface area contributed by atoms with Gasteiger partial charge in [-0.1, -0.05) is 0 Å². The van der Waals surface area contributed by atoms with Crippen molar-refractivity contribution in [3.63, 3.8) is 0 Å². The molecule has 0 fully saturated rings. The van der Waals surface area contributed by atoms with Crippen LogP contribution in [0.3, 0.4) is 0 Å². The molecule has 1 N–H and O–H groups in total. The van der Waals surface area contributed by atoms with Crippen LogP contribution in [0.4, 0.5) is 10.1 Å². The number of nitrogens with one attached hydrogen (secondary N) is 1. The molecule has 1 amide bonds. The summed E-state index contributed by atoms with van der Waals surface area (Å²) in [7, 11) is 1.81. The SMILES string of the molecule is Cc1nn(C)c2ncc(C(=O)Nc3ccc(Oc4ccc(F)cc4)nc3)cc12. The van der Waals surface area contributed by atoms with Gasteiger partial charge in [0.05, 0.1) is 23.1 Å². The minimum atomic E-state index is -0.340. The molecule has 3 aromatic heterocycles. The van der Waals surface area contributed by atoms with E-state index in [4.69, 9.17) is 4.74 Å². The van der Waals surface area contributed by atoms with E-state index in [2.05, 4.69) is 20.4 Å². The van der Waals surface area contributed by atoms with Crippen molar-refractivity contribution in [1.29, 1.82) is 0 Å². The number of halogens is 1. The molecule has 28 heavy (non-hydrogen) atoms. The lowest BCUT2D eigenvalue weighted by Gasteiger charge is -2.07. The average molecular weight is 377 g/mol. The number of carbonyl (C=O) groups is 1. The first-order valence-electron chi connectivity index (χ1n) is 8.50. The second kappa shape index (κ2) is 7.07. The predicted molar refractivity (Wildman–Crippen MR) is 102 cm³/mol. The second-order valence-electron chi connectivity index (χ2n) is 6.20. The molecule has 0 aliphatic carbocycles. The quantitative estimate of drug-likeness (QED) is 0.584. The highest BCUT2D eigenvalue weighted by atomic mass is 19.1. The number of amides is 1. The Kier molecular flexibility index (Phi) is 4.44. The summed E-state index contributed by atoms with van der Waals surface area (Å²) >= 11 is 0. The number of hydrogen-bond acceptors (Lipinski definition) is 5. The Bertz CT molecular complexity index is 1150. The molecule has 0 bridgehead atoms. The van der Waals surface area contributed by atoms with Gasteiger partial charge in [-0.2, -0.15) is 5.10 Å². The number of pyridine rings is 2. The third-order valence-corrected chi connectivity index (χ3v) is 4.16. The highest BCUT2D eigenvalue weighted by Crippen LogP contribution is 2.21. The van der Waals surface area contributed by atoms with Crippen molar-refractivity contribution in [2.75, 3.05) is 5.32 Å². The van der Waals surface area contributed by atoms with Gasteiger partial charge in [0.1, 0.15) is 11.6 Å². The molecule has 0 radical (unpaired) electrons. The van der Waals surface area contributed by atoms with Gasteiger partial charge >= 0.3 is 0 Å². The van der Waals surface area contributed by atoms with Crippen LogP contribution in [0.25, 0.3) is 11.0 Å². The fraction of sp³-hybridized carbons (Fsp3) is 0.100. The van der Waals surface area contributed by atoms with Gasteiger partial charge in [0.15, 0.2) is 5.65 Å². The van der Waals surface area contributed by atoms with E-state index in [1.807, 2.05) is 14.0 Å². The van der Waals surface area contributed by atoms with E-state index in [0.29, 0.717) is 22.9 Å². The first-order chi connectivity index (χ1) is 13.5. The summed E-state index contributed by atoms with van der Waals surface area (Å²) in [6.45, 7) is 1.87. The van der Waals surface area contributed by atoms with Crippen molar-refractivity contribution < 1.29 is 13.9 Å². The van der Waals surface area contributed by atoms with Gasteiger partial charge in [-0.05, 0) is 43.3 Å². The van der Waals surface area contributed by atoms with Gasteiger partial charge in [0.25, 0.3) is 5.91 Å². The molecule has 0 aliphatic heterocycles. The van der Waals surface area contributed by atoms with Crippen LogP contribution >= 0.6 is 0 Å². The Hall–Kier alpha value is -3.81. The number of rotatable bonds is 4. The first-order valence-corrected chi connectivity index (χ1v) is 8.50. The minimum absolute atomic E-state index is 0.299. The molecule has 0 unspecified atom stereocenters. The summed E-state index contributed by atoms with van der Waals surface area (Å²) in [6.07, 6.45) is 3.00. The number of aromatic nitrogens is 4. The van der Waals surface area contributed by atoms with Crippen LogP contribution < -0.4 is 10.1 Å². The smallest absolute Gasteiger partial charge is 0.257 e. The lowest BCUT2D eigenvalue weighted by atomic mass is 10.2. The number of anilines is 1. The van der Waals surface area contributed by atoms with Crippen molar-refractivity contribution in [3.8, 4) is 11.6 Å². The summed E-state index contributed by atoms with van der Waals surface area (Å²) in [5.74, 6) is 0.162. The topological polar surface area (TPSA) is 81.9 Å². The number of ether oxygens (including phenoxy) is 1. The maximum atomic E-state index is 12.9. The van der Waals surface area contributed by atoms with E-state index in [1.54, 1.807) is 22.9 Å². The van der Waals surface area contributed by atoms with Crippen molar-refractivity contribution in [2.45, 2.75) is 6.92 Å². The minimum Gasteiger partial charge on any atom is -0.439 e. The van der Waals surface area contributed by atoms with Crippen LogP contribution in [-0.4, -0.2) is 25.7 Å². The molecule has 0 aliphatic rings. The van der Waals surface area contributed by atoms with E-state index in [1.165, 1.54) is 36.7 Å². The molecule has 140 valence electrons. The molecule has 0 saturated carbocycles. The monoisotopic (exact) mass is 377 g/mol. The standard InChI is InChI=1S/C20H16FN5O2/c1-12-17-9-13(10-23-19(17)26(2)25-12)20(27)24-15-5-8-18(22-11-15)28-16-6-3-14(21)4-7-16/h3-11H,1-2H3,(H,24,27). The Labute approximate surface area is 159 Å². The average Bonchev–Trinajstić information content (AvgIpc) is 2.98. The lowest BCUT2D eigenvalue weighted by molar-refractivity contribution is 0.102. The maximum absolute atomic E-state index is 12.9. The van der Waals surface area contributed by atoms with Crippen LogP contribution in [0, 0.1) is 12.7 Å². The molecule has 4 aromatic rings. The summed E-state index contributed by atoms with van der Waals surface area (Å²) < 4.78 is 20.1. The van der Waals surface area contributed by atoms with Gasteiger partial charge in [0, 0.05) is 24.7 Å². The fourth-order valence-corrected chi connectivity index (χ4v) is 2.77. The zero-order chi connectivity index (χ0) is 19.7. The third kappa shape index (κ3) is 3.52. The van der Waals surface area contributed by atoms with Crippen molar-refractivity contribution in [2.24, 2.45) is 7.05 Å². The largest absolute Gasteiger partial charge is 0.439 e. The molecule has 0 atom stereocenters. The third-order valence-electron chi connectivity index (χ3n) is 4.16. The predicted octanol–water partition coefficient (Wildman–Crippen LogP) is 3.86. The highest BCUT2D eigenvalue weighted by Gasteiger charge is 2.12.